The molecule has 12 heteroatoms. The van der Waals surface area contributed by atoms with E-state index in [1.54, 1.807) is 23.7 Å². The molecule has 0 unspecified atom stereocenters. The molecule has 1 atom stereocenters. The van der Waals surface area contributed by atoms with Crippen molar-refractivity contribution < 1.29 is 23.2 Å². The van der Waals surface area contributed by atoms with E-state index in [0.717, 1.165) is 37.4 Å². The summed E-state index contributed by atoms with van der Waals surface area (Å²) in [6, 6.07) is 3.51. The van der Waals surface area contributed by atoms with Crippen LogP contribution in [-0.2, 0) is 22.7 Å². The van der Waals surface area contributed by atoms with Crippen LogP contribution in [0.5, 0.6) is 0 Å². The fourth-order valence-corrected chi connectivity index (χ4v) is 6.58. The molecule has 0 bridgehead atoms. The summed E-state index contributed by atoms with van der Waals surface area (Å²) in [5, 5.41) is 14.1. The van der Waals surface area contributed by atoms with Crippen molar-refractivity contribution in [2.75, 3.05) is 11.9 Å². The molecule has 2 fully saturated rings. The van der Waals surface area contributed by atoms with Gasteiger partial charge < -0.3 is 19.9 Å². The highest BCUT2D eigenvalue weighted by atomic mass is 28.3. The maximum Gasteiger partial charge on any atom is 0.257 e. The molecule has 2 amide bonds. The molecule has 2 saturated carbocycles. The Morgan fingerprint density at radius 2 is 1.84 bits per heavy atom. The van der Waals surface area contributed by atoms with Crippen molar-refractivity contribution in [2.45, 2.75) is 91.3 Å². The number of hydrogen-bond donors (Lipinski definition) is 2. The molecule has 2 N–H and O–H groups in total. The minimum atomic E-state index is -1.21. The minimum absolute atomic E-state index is 0.0156. The Morgan fingerprint density at radius 3 is 2.40 bits per heavy atom. The van der Waals surface area contributed by atoms with Crippen LogP contribution in [0.3, 0.4) is 0 Å². The number of nitrogens with zero attached hydrogens (tertiary/aromatic N) is 4. The van der Waals surface area contributed by atoms with E-state index in [2.05, 4.69) is 45.5 Å². The third kappa shape index (κ3) is 7.41. The van der Waals surface area contributed by atoms with Crippen LogP contribution in [0.15, 0.2) is 22.9 Å². The normalized spacial score (nSPS) is 16.0. The Labute approximate surface area is 253 Å². The monoisotopic (exact) mass is 610 g/mol. The maximum absolute atomic E-state index is 15.6. The molecule has 10 nitrogen and oxygen atoms in total. The first kappa shape index (κ1) is 31.1. The summed E-state index contributed by atoms with van der Waals surface area (Å²) in [6.45, 7) is 13.4. The highest BCUT2D eigenvalue weighted by molar-refractivity contribution is 6.76. The van der Waals surface area contributed by atoms with Crippen LogP contribution in [0.2, 0.25) is 25.7 Å². The molecular formula is C31H43FN6O4Si. The Kier molecular flexibility index (Phi) is 9.17. The molecule has 3 aromatic heterocycles. The summed E-state index contributed by atoms with van der Waals surface area (Å²) >= 11 is 0. The molecule has 0 spiro atoms. The number of aromatic nitrogens is 4. The molecule has 0 saturated heterocycles. The van der Waals surface area contributed by atoms with Gasteiger partial charge in [0.25, 0.3) is 5.91 Å². The number of aryl methyl sites for hydroxylation is 2. The molecule has 2 aliphatic rings. The third-order valence-electron chi connectivity index (χ3n) is 8.43. The van der Waals surface area contributed by atoms with Gasteiger partial charge in [-0.15, -0.1) is 0 Å². The number of carbonyl (C=O) groups is 2. The largest absolute Gasteiger partial charge is 0.364 e. The van der Waals surface area contributed by atoms with Crippen LogP contribution in [0.1, 0.15) is 60.0 Å². The summed E-state index contributed by atoms with van der Waals surface area (Å²) in [5.74, 6) is -0.646. The van der Waals surface area contributed by atoms with Crippen LogP contribution >= 0.6 is 0 Å². The van der Waals surface area contributed by atoms with E-state index < -0.39 is 31.9 Å². The Hall–Kier alpha value is -3.38. The van der Waals surface area contributed by atoms with E-state index in [4.69, 9.17) is 9.26 Å². The zero-order chi connectivity index (χ0) is 30.9. The first-order valence-corrected chi connectivity index (χ1v) is 19.0. The van der Waals surface area contributed by atoms with Crippen LogP contribution in [0.25, 0.3) is 11.1 Å². The van der Waals surface area contributed by atoms with Gasteiger partial charge in [-0.1, -0.05) is 31.7 Å². The van der Waals surface area contributed by atoms with Gasteiger partial charge in [0.05, 0.1) is 11.4 Å². The van der Waals surface area contributed by atoms with Gasteiger partial charge in [0.2, 0.25) is 11.9 Å². The highest BCUT2D eigenvalue weighted by Gasteiger charge is 2.48. The van der Waals surface area contributed by atoms with E-state index in [1.807, 2.05) is 13.8 Å². The number of nitrogens with one attached hydrogen (secondary N) is 2. The molecule has 0 aromatic carbocycles. The van der Waals surface area contributed by atoms with E-state index in [0.29, 0.717) is 59.7 Å². The topological polar surface area (TPSA) is 124 Å². The molecule has 0 aliphatic heterocycles. The van der Waals surface area contributed by atoms with E-state index in [1.165, 1.54) is 6.26 Å². The molecule has 5 rings (SSSR count). The van der Waals surface area contributed by atoms with Crippen molar-refractivity contribution in [3.63, 3.8) is 0 Å². The quantitative estimate of drug-likeness (QED) is 0.136. The zero-order valence-corrected chi connectivity index (χ0v) is 27.0. The zero-order valence-electron chi connectivity index (χ0n) is 26.0. The predicted molar refractivity (Wildman–Crippen MR) is 164 cm³/mol. The smallest absolute Gasteiger partial charge is 0.257 e. The highest BCUT2D eigenvalue weighted by Crippen LogP contribution is 2.51. The lowest BCUT2D eigenvalue weighted by Crippen LogP contribution is -2.50. The summed E-state index contributed by atoms with van der Waals surface area (Å²) in [7, 11) is -1.21. The van der Waals surface area contributed by atoms with Gasteiger partial charge in [0.15, 0.2) is 0 Å². The molecule has 3 aromatic rings. The molecule has 43 heavy (non-hydrogen) atoms. The number of halogens is 1. The molecule has 3 heterocycles. The van der Waals surface area contributed by atoms with Crippen molar-refractivity contribution in [1.29, 1.82) is 0 Å². The second kappa shape index (κ2) is 12.7. The van der Waals surface area contributed by atoms with E-state index in [9.17, 15) is 9.59 Å². The van der Waals surface area contributed by atoms with E-state index >= 15 is 4.39 Å². The summed E-state index contributed by atoms with van der Waals surface area (Å²) in [6.07, 6.45) is 6.06. The van der Waals surface area contributed by atoms with Crippen molar-refractivity contribution in [3.05, 3.63) is 47.0 Å². The summed E-state index contributed by atoms with van der Waals surface area (Å²) in [5.41, 5.74) is 3.31. The summed E-state index contributed by atoms with van der Waals surface area (Å²) < 4.78 is 28.2. The van der Waals surface area contributed by atoms with Gasteiger partial charge in [-0.05, 0) is 81.9 Å². The maximum atomic E-state index is 15.6. The number of rotatable bonds is 14. The standard InChI is InChI=1S/C31H43FN6O4Si/c1-7-24-26(19(3)36-38(24)17-41-14-15-43(4,5)6)22-12-13-25(33-29(22)32)34-31(40)28(27(20-8-9-20)21-10-11-21)35-30(39)23-16-42-37-18(23)2/h12-13,16,20-21,27-28H,7-11,14-15,17H2,1-6H3,(H,35,39)(H,33,34,40)/t28-/m0/s1. The van der Waals surface area contributed by atoms with Crippen molar-refractivity contribution >= 4 is 25.7 Å². The predicted octanol–water partition coefficient (Wildman–Crippen LogP) is 5.74. The SMILES string of the molecule is CCc1c(-c2ccc(NC(=O)[C@@H](NC(=O)c3conc3C)C(C3CC3)C3CC3)nc2F)c(C)nn1COCC[Si](C)(C)C. The van der Waals surface area contributed by atoms with Crippen LogP contribution in [0.4, 0.5) is 10.2 Å². The van der Waals surface area contributed by atoms with E-state index in [-0.39, 0.29) is 11.7 Å². The number of hydrogen-bond acceptors (Lipinski definition) is 7. The van der Waals surface area contributed by atoms with Crippen molar-refractivity contribution in [1.82, 2.24) is 25.2 Å². The van der Waals surface area contributed by atoms with Gasteiger partial charge >= 0.3 is 0 Å². The Morgan fingerprint density at radius 1 is 1.14 bits per heavy atom. The van der Waals surface area contributed by atoms with Crippen molar-refractivity contribution in [2.24, 2.45) is 17.8 Å². The van der Waals surface area contributed by atoms with Crippen LogP contribution < -0.4 is 10.6 Å². The van der Waals surface area contributed by atoms with Crippen molar-refractivity contribution in [3.8, 4) is 11.1 Å². The Bertz CT molecular complexity index is 1460. The molecule has 0 radical (unpaired) electrons. The lowest BCUT2D eigenvalue weighted by atomic mass is 9.88. The fourth-order valence-electron chi connectivity index (χ4n) is 5.83. The average molecular weight is 611 g/mol. The lowest BCUT2D eigenvalue weighted by molar-refractivity contribution is -0.119. The number of anilines is 1. The second-order valence-corrected chi connectivity index (χ2v) is 18.8. The van der Waals surface area contributed by atoms with Crippen LogP contribution in [-0.4, -0.2) is 52.5 Å². The Balaban J connectivity index is 1.33. The number of ether oxygens (including phenoxy) is 1. The number of carbonyl (C=O) groups excluding carboxylic acids is 2. The number of pyridine rings is 1. The summed E-state index contributed by atoms with van der Waals surface area (Å²) in [4.78, 5) is 30.9. The van der Waals surface area contributed by atoms with Gasteiger partial charge in [0, 0.05) is 31.5 Å². The third-order valence-corrected chi connectivity index (χ3v) is 10.1. The molecular weight excluding hydrogens is 567 g/mol. The fraction of sp³-hybridized carbons (Fsp3) is 0.581. The van der Waals surface area contributed by atoms with Gasteiger partial charge in [0.1, 0.15) is 30.4 Å². The lowest BCUT2D eigenvalue weighted by Gasteiger charge is -2.27. The minimum Gasteiger partial charge on any atom is -0.364 e. The van der Waals surface area contributed by atoms with Gasteiger partial charge in [-0.3, -0.25) is 9.59 Å². The first-order chi connectivity index (χ1) is 20.5. The second-order valence-electron chi connectivity index (χ2n) is 13.1. The first-order valence-electron chi connectivity index (χ1n) is 15.3. The molecule has 2 aliphatic carbocycles. The van der Waals surface area contributed by atoms with Gasteiger partial charge in [-0.2, -0.15) is 9.49 Å². The number of amides is 2. The van der Waals surface area contributed by atoms with Crippen LogP contribution in [0, 0.1) is 37.5 Å². The van der Waals surface area contributed by atoms with Gasteiger partial charge in [-0.25, -0.2) is 9.67 Å². The average Bonchev–Trinajstić information content (AvgIpc) is 3.88. The molecule has 232 valence electrons.